The number of hydrazone groups is 1. The summed E-state index contributed by atoms with van der Waals surface area (Å²) in [5.41, 5.74) is 2.37. The quantitative estimate of drug-likeness (QED) is 0.649. The number of carbonyl (C=O) groups excluding carboxylic acids is 1. The third kappa shape index (κ3) is 2.73. The predicted octanol–water partition coefficient (Wildman–Crippen LogP) is 0.533. The minimum atomic E-state index is -3.03. The zero-order valence-corrected chi connectivity index (χ0v) is 7.09. The molecule has 0 bridgehead atoms. The van der Waals surface area contributed by atoms with Crippen molar-refractivity contribution < 1.29 is 18.3 Å². The van der Waals surface area contributed by atoms with Gasteiger partial charge in [-0.2, -0.15) is 13.9 Å². The number of hydrogen-bond donors (Lipinski definition) is 1. The summed E-state index contributed by atoms with van der Waals surface area (Å²) in [5, 5.41) is 3.54. The molecule has 1 heterocycles. The molecule has 1 aliphatic heterocycles. The maximum Gasteiger partial charge on any atom is 0.317 e. The number of nitrogens with one attached hydrogen (secondary N) is 1. The van der Waals surface area contributed by atoms with Gasteiger partial charge in [-0.1, -0.05) is 0 Å². The van der Waals surface area contributed by atoms with Crippen molar-refractivity contribution in [3.63, 3.8) is 0 Å². The van der Waals surface area contributed by atoms with Crippen molar-refractivity contribution in [1.29, 1.82) is 0 Å². The van der Waals surface area contributed by atoms with E-state index < -0.39 is 12.3 Å². The Labute approximate surface area is 73.9 Å². The van der Waals surface area contributed by atoms with Gasteiger partial charge in [-0.15, -0.1) is 0 Å². The smallest absolute Gasteiger partial charge is 0.317 e. The Morgan fingerprint density at radius 3 is 2.92 bits per heavy atom. The summed E-state index contributed by atoms with van der Waals surface area (Å²) in [6.07, 6.45) is -2.65. The van der Waals surface area contributed by atoms with Crippen molar-refractivity contribution in [1.82, 2.24) is 5.43 Å². The molecule has 6 heteroatoms. The lowest BCUT2D eigenvalue weighted by molar-refractivity contribution is -0.131. The molecule has 0 aromatic heterocycles. The Morgan fingerprint density at radius 1 is 1.77 bits per heavy atom. The number of alkyl halides is 2. The summed E-state index contributed by atoms with van der Waals surface area (Å²) in [7, 11) is 0. The molecule has 0 spiro atoms. The van der Waals surface area contributed by atoms with Crippen LogP contribution in [0, 0.1) is 0 Å². The third-order valence-corrected chi connectivity index (χ3v) is 1.70. The second-order valence-electron chi connectivity index (χ2n) is 2.64. The standard InChI is InChI=1S/C7H10F2N2O2/c1-4-5(2-3-13-4)10-11-7(12)6(8)9/h4,6H,2-3H2,1H3,(H,11,12)/b10-5+. The molecule has 0 aromatic carbocycles. The summed E-state index contributed by atoms with van der Waals surface area (Å²) in [6.45, 7) is 2.27. The Bertz CT molecular complexity index is 231. The summed E-state index contributed by atoms with van der Waals surface area (Å²) >= 11 is 0. The molecule has 1 fully saturated rings. The lowest BCUT2D eigenvalue weighted by Gasteiger charge is -2.03. The number of rotatable bonds is 2. The average molecular weight is 192 g/mol. The molecular formula is C7H10F2N2O2. The molecule has 1 N–H and O–H groups in total. The number of hydrogen-bond acceptors (Lipinski definition) is 3. The van der Waals surface area contributed by atoms with Crippen LogP contribution >= 0.6 is 0 Å². The Kier molecular flexibility index (Phi) is 3.30. The van der Waals surface area contributed by atoms with Crippen LogP contribution in [0.5, 0.6) is 0 Å². The van der Waals surface area contributed by atoms with Gasteiger partial charge in [0.05, 0.1) is 18.4 Å². The van der Waals surface area contributed by atoms with Gasteiger partial charge in [0.1, 0.15) is 0 Å². The van der Waals surface area contributed by atoms with Gasteiger partial charge in [0, 0.05) is 6.42 Å². The van der Waals surface area contributed by atoms with E-state index in [9.17, 15) is 13.6 Å². The van der Waals surface area contributed by atoms with E-state index >= 15 is 0 Å². The van der Waals surface area contributed by atoms with Gasteiger partial charge in [-0.05, 0) is 6.92 Å². The molecule has 1 aliphatic rings. The molecular weight excluding hydrogens is 182 g/mol. The van der Waals surface area contributed by atoms with Crippen LogP contribution in [0.2, 0.25) is 0 Å². The molecule has 4 nitrogen and oxygen atoms in total. The largest absolute Gasteiger partial charge is 0.372 e. The monoisotopic (exact) mass is 192 g/mol. The van der Waals surface area contributed by atoms with E-state index in [4.69, 9.17) is 4.74 Å². The highest BCUT2D eigenvalue weighted by Gasteiger charge is 2.20. The van der Waals surface area contributed by atoms with Crippen LogP contribution in [0.1, 0.15) is 13.3 Å². The lowest BCUT2D eigenvalue weighted by atomic mass is 10.2. The molecule has 1 rings (SSSR count). The normalized spacial score (nSPS) is 25.5. The first-order valence-corrected chi connectivity index (χ1v) is 3.87. The van der Waals surface area contributed by atoms with Gasteiger partial charge in [-0.25, -0.2) is 5.43 Å². The van der Waals surface area contributed by atoms with Gasteiger partial charge in [0.2, 0.25) is 0 Å². The van der Waals surface area contributed by atoms with E-state index in [0.29, 0.717) is 18.7 Å². The van der Waals surface area contributed by atoms with E-state index in [-0.39, 0.29) is 6.10 Å². The van der Waals surface area contributed by atoms with Gasteiger partial charge < -0.3 is 4.74 Å². The van der Waals surface area contributed by atoms with Crippen molar-refractivity contribution >= 4 is 11.6 Å². The molecule has 1 unspecified atom stereocenters. The van der Waals surface area contributed by atoms with Crippen LogP contribution < -0.4 is 5.43 Å². The minimum Gasteiger partial charge on any atom is -0.372 e. The van der Waals surface area contributed by atoms with E-state index in [2.05, 4.69) is 5.10 Å². The van der Waals surface area contributed by atoms with Crippen molar-refractivity contribution in [2.45, 2.75) is 25.9 Å². The van der Waals surface area contributed by atoms with Gasteiger partial charge in [0.15, 0.2) is 0 Å². The highest BCUT2D eigenvalue weighted by atomic mass is 19.3. The van der Waals surface area contributed by atoms with Crippen LogP contribution in [0.3, 0.4) is 0 Å². The van der Waals surface area contributed by atoms with E-state index in [1.807, 2.05) is 0 Å². The van der Waals surface area contributed by atoms with Crippen LogP contribution in [0.25, 0.3) is 0 Å². The molecule has 13 heavy (non-hydrogen) atoms. The first-order valence-electron chi connectivity index (χ1n) is 3.87. The van der Waals surface area contributed by atoms with E-state index in [1.165, 1.54) is 0 Å². The molecule has 0 aliphatic carbocycles. The van der Waals surface area contributed by atoms with Crippen molar-refractivity contribution in [2.75, 3.05) is 6.61 Å². The number of nitrogens with zero attached hydrogens (tertiary/aromatic N) is 1. The first-order chi connectivity index (χ1) is 6.11. The Balaban J connectivity index is 2.43. The number of carbonyl (C=O) groups is 1. The molecule has 0 saturated carbocycles. The van der Waals surface area contributed by atoms with Crippen molar-refractivity contribution in [3.8, 4) is 0 Å². The molecule has 1 atom stereocenters. The van der Waals surface area contributed by atoms with E-state index in [1.54, 1.807) is 12.3 Å². The fourth-order valence-electron chi connectivity index (χ4n) is 0.962. The molecule has 1 saturated heterocycles. The first kappa shape index (κ1) is 10.0. The molecule has 0 radical (unpaired) electrons. The van der Waals surface area contributed by atoms with Crippen LogP contribution in [0.4, 0.5) is 8.78 Å². The second-order valence-corrected chi connectivity index (χ2v) is 2.64. The molecule has 74 valence electrons. The topological polar surface area (TPSA) is 50.7 Å². The van der Waals surface area contributed by atoms with Gasteiger partial charge in [-0.3, -0.25) is 4.79 Å². The zero-order chi connectivity index (χ0) is 9.84. The zero-order valence-electron chi connectivity index (χ0n) is 7.09. The third-order valence-electron chi connectivity index (χ3n) is 1.70. The van der Waals surface area contributed by atoms with E-state index in [0.717, 1.165) is 0 Å². The molecule has 1 amide bonds. The highest BCUT2D eigenvalue weighted by Crippen LogP contribution is 2.08. The Morgan fingerprint density at radius 2 is 2.46 bits per heavy atom. The number of amides is 1. The summed E-state index contributed by atoms with van der Waals surface area (Å²) < 4.78 is 28.5. The number of halogens is 2. The van der Waals surface area contributed by atoms with Crippen LogP contribution in [-0.2, 0) is 9.53 Å². The van der Waals surface area contributed by atoms with Gasteiger partial charge >= 0.3 is 12.3 Å². The average Bonchev–Trinajstić information content (AvgIpc) is 2.47. The lowest BCUT2D eigenvalue weighted by Crippen LogP contribution is -2.27. The maximum absolute atomic E-state index is 11.7. The SMILES string of the molecule is CC1OCC/C1=N\NC(=O)C(F)F. The summed E-state index contributed by atoms with van der Waals surface area (Å²) in [5.74, 6) is -1.38. The fourth-order valence-corrected chi connectivity index (χ4v) is 0.962. The number of ether oxygens (including phenoxy) is 1. The Hall–Kier alpha value is -1.04. The summed E-state index contributed by atoms with van der Waals surface area (Å²) in [4.78, 5) is 10.4. The fraction of sp³-hybridized carbons (Fsp3) is 0.714. The summed E-state index contributed by atoms with van der Waals surface area (Å²) in [6, 6.07) is 0. The molecule has 0 aromatic rings. The van der Waals surface area contributed by atoms with Gasteiger partial charge in [0.25, 0.3) is 0 Å². The van der Waals surface area contributed by atoms with Crippen molar-refractivity contribution in [2.24, 2.45) is 5.10 Å². The highest BCUT2D eigenvalue weighted by molar-refractivity contribution is 5.91. The maximum atomic E-state index is 11.7. The minimum absolute atomic E-state index is 0.196. The van der Waals surface area contributed by atoms with Crippen molar-refractivity contribution in [3.05, 3.63) is 0 Å². The van der Waals surface area contributed by atoms with Crippen LogP contribution in [-0.4, -0.2) is 30.8 Å². The second kappa shape index (κ2) is 4.27. The predicted molar refractivity (Wildman–Crippen MR) is 41.6 cm³/mol. The van der Waals surface area contributed by atoms with Crippen LogP contribution in [0.15, 0.2) is 5.10 Å².